The number of carbonyl (C=O) groups is 2. The summed E-state index contributed by atoms with van der Waals surface area (Å²) in [5, 5.41) is 0. The van der Waals surface area contributed by atoms with E-state index in [1.54, 1.807) is 18.2 Å². The van der Waals surface area contributed by atoms with Gasteiger partial charge in [0.2, 0.25) is 5.91 Å². The van der Waals surface area contributed by atoms with Gasteiger partial charge in [-0.1, -0.05) is 60.7 Å². The predicted octanol–water partition coefficient (Wildman–Crippen LogP) is 6.22. The molecule has 0 radical (unpaired) electrons. The summed E-state index contributed by atoms with van der Waals surface area (Å²) in [6.45, 7) is 2.74. The lowest BCUT2D eigenvalue weighted by Crippen LogP contribution is -2.11. The highest BCUT2D eigenvalue weighted by Gasteiger charge is 2.24. The zero-order chi connectivity index (χ0) is 25.8. The second-order valence-electron chi connectivity index (χ2n) is 9.31. The lowest BCUT2D eigenvalue weighted by atomic mass is 9.97. The molecule has 5 heteroatoms. The molecule has 0 heterocycles. The van der Waals surface area contributed by atoms with Crippen LogP contribution in [0.15, 0.2) is 78.9 Å². The van der Waals surface area contributed by atoms with E-state index in [4.69, 9.17) is 15.2 Å². The summed E-state index contributed by atoms with van der Waals surface area (Å²) in [5.74, 6) is 0.753. The van der Waals surface area contributed by atoms with Gasteiger partial charge in [-0.15, -0.1) is 0 Å². The topological polar surface area (TPSA) is 78.6 Å². The molecule has 37 heavy (non-hydrogen) atoms. The molecule has 0 saturated heterocycles. The van der Waals surface area contributed by atoms with Crippen LogP contribution in [-0.2, 0) is 26.1 Å². The number of primary amides is 1. The first-order chi connectivity index (χ1) is 18.0. The van der Waals surface area contributed by atoms with E-state index in [0.717, 1.165) is 53.6 Å². The number of hydrogen-bond donors (Lipinski definition) is 1. The molecule has 0 spiro atoms. The van der Waals surface area contributed by atoms with Crippen LogP contribution in [0, 0.1) is 6.92 Å². The van der Waals surface area contributed by atoms with Crippen LogP contribution in [0.2, 0.25) is 0 Å². The largest absolute Gasteiger partial charge is 0.488 e. The van der Waals surface area contributed by atoms with Gasteiger partial charge in [0, 0.05) is 11.6 Å². The van der Waals surface area contributed by atoms with E-state index in [1.165, 1.54) is 16.7 Å². The summed E-state index contributed by atoms with van der Waals surface area (Å²) in [7, 11) is 0. The lowest BCUT2D eigenvalue weighted by Gasteiger charge is -2.18. The summed E-state index contributed by atoms with van der Waals surface area (Å²) in [5.41, 5.74) is 13.9. The predicted molar refractivity (Wildman–Crippen MR) is 144 cm³/mol. The van der Waals surface area contributed by atoms with Crippen molar-refractivity contribution in [2.45, 2.75) is 39.4 Å². The first-order valence-corrected chi connectivity index (χ1v) is 12.5. The highest BCUT2D eigenvalue weighted by atomic mass is 16.5. The number of ether oxygens (including phenoxy) is 2. The van der Waals surface area contributed by atoms with E-state index in [-0.39, 0.29) is 6.61 Å². The van der Waals surface area contributed by atoms with Crippen molar-refractivity contribution in [2.75, 3.05) is 0 Å². The van der Waals surface area contributed by atoms with Gasteiger partial charge in [-0.3, -0.25) is 9.59 Å². The fourth-order valence-electron chi connectivity index (χ4n) is 5.02. The average molecular weight is 492 g/mol. The van der Waals surface area contributed by atoms with Crippen LogP contribution in [0.1, 0.15) is 55.0 Å². The molecular weight excluding hydrogens is 462 g/mol. The maximum atomic E-state index is 12.1. The van der Waals surface area contributed by atoms with Gasteiger partial charge in [0.25, 0.3) is 0 Å². The van der Waals surface area contributed by atoms with Crippen LogP contribution < -0.4 is 15.2 Å². The minimum absolute atomic E-state index is 0.207. The molecule has 2 N–H and O–H groups in total. The van der Waals surface area contributed by atoms with Gasteiger partial charge < -0.3 is 15.2 Å². The van der Waals surface area contributed by atoms with Gasteiger partial charge in [-0.05, 0) is 77.3 Å². The third kappa shape index (κ3) is 5.12. The van der Waals surface area contributed by atoms with Gasteiger partial charge in [0.1, 0.15) is 24.7 Å². The van der Waals surface area contributed by atoms with Crippen LogP contribution in [0.25, 0.3) is 11.1 Å². The Bertz CT molecular complexity index is 1460. The van der Waals surface area contributed by atoms with Gasteiger partial charge in [-0.25, -0.2) is 0 Å². The fourth-order valence-corrected chi connectivity index (χ4v) is 5.02. The molecule has 186 valence electrons. The number of carbonyl (C=O) groups excluding carboxylic acids is 2. The quantitative estimate of drug-likeness (QED) is 0.282. The Kier molecular flexibility index (Phi) is 7.04. The van der Waals surface area contributed by atoms with E-state index < -0.39 is 5.91 Å². The number of amides is 1. The highest BCUT2D eigenvalue weighted by Crippen LogP contribution is 2.39. The average Bonchev–Trinajstić information content (AvgIpc) is 3.42. The minimum atomic E-state index is -0.490. The van der Waals surface area contributed by atoms with Crippen LogP contribution in [0.4, 0.5) is 0 Å². The molecule has 0 aromatic heterocycles. The Morgan fingerprint density at radius 2 is 1.62 bits per heavy atom. The van der Waals surface area contributed by atoms with Crippen molar-refractivity contribution in [3.05, 3.63) is 118 Å². The third-order valence-electron chi connectivity index (χ3n) is 7.01. The summed E-state index contributed by atoms with van der Waals surface area (Å²) in [6, 6.07) is 25.4. The molecule has 5 rings (SSSR count). The van der Waals surface area contributed by atoms with E-state index in [2.05, 4.69) is 37.3 Å². The first-order valence-electron chi connectivity index (χ1n) is 12.5. The smallest absolute Gasteiger partial charge is 0.248 e. The van der Waals surface area contributed by atoms with Gasteiger partial charge in [-0.2, -0.15) is 0 Å². The van der Waals surface area contributed by atoms with Crippen LogP contribution in [0.3, 0.4) is 0 Å². The zero-order valence-electron chi connectivity index (χ0n) is 20.8. The second kappa shape index (κ2) is 10.7. The molecule has 0 unspecified atom stereocenters. The third-order valence-corrected chi connectivity index (χ3v) is 7.01. The number of rotatable bonds is 9. The standard InChI is InChI=1S/C32H29NO4/c1-21-25(12-6-13-26(21)23-9-3-2-4-10-23)20-37-30-17-31(29(18-34)27-14-7-15-28(27)30)36-19-22-8-5-11-24(16-22)32(33)35/h2-6,8-13,16-18H,7,14-15,19-20H2,1H3,(H2,33,35). The van der Waals surface area contributed by atoms with Crippen molar-refractivity contribution >= 4 is 12.2 Å². The Morgan fingerprint density at radius 1 is 0.865 bits per heavy atom. The van der Waals surface area contributed by atoms with Crippen molar-refractivity contribution < 1.29 is 19.1 Å². The molecular formula is C32H29NO4. The van der Waals surface area contributed by atoms with Crippen molar-refractivity contribution in [2.24, 2.45) is 5.73 Å². The van der Waals surface area contributed by atoms with E-state index in [9.17, 15) is 9.59 Å². The molecule has 1 amide bonds. The molecule has 4 aromatic rings. The Balaban J connectivity index is 1.41. The van der Waals surface area contributed by atoms with Crippen molar-refractivity contribution in [1.82, 2.24) is 0 Å². The second-order valence-corrected chi connectivity index (χ2v) is 9.31. The van der Waals surface area contributed by atoms with Crippen molar-refractivity contribution in [1.29, 1.82) is 0 Å². The van der Waals surface area contributed by atoms with E-state index in [1.807, 2.05) is 30.3 Å². The van der Waals surface area contributed by atoms with Gasteiger partial charge in [0.05, 0.1) is 5.56 Å². The molecule has 0 atom stereocenters. The minimum Gasteiger partial charge on any atom is -0.488 e. The first kappa shape index (κ1) is 24.3. The maximum absolute atomic E-state index is 12.1. The van der Waals surface area contributed by atoms with Crippen LogP contribution in [-0.4, -0.2) is 12.2 Å². The van der Waals surface area contributed by atoms with E-state index in [0.29, 0.717) is 23.5 Å². The van der Waals surface area contributed by atoms with Crippen LogP contribution in [0.5, 0.6) is 11.5 Å². The number of fused-ring (bicyclic) bond motifs is 1. The molecule has 5 nitrogen and oxygen atoms in total. The molecule has 0 saturated carbocycles. The molecule has 4 aromatic carbocycles. The summed E-state index contributed by atoms with van der Waals surface area (Å²) in [6.07, 6.45) is 3.53. The summed E-state index contributed by atoms with van der Waals surface area (Å²) < 4.78 is 12.5. The maximum Gasteiger partial charge on any atom is 0.248 e. The Labute approximate surface area is 216 Å². The van der Waals surface area contributed by atoms with Crippen molar-refractivity contribution in [3.8, 4) is 22.6 Å². The molecule has 0 aliphatic heterocycles. The SMILES string of the molecule is Cc1c(COc2cc(OCc3cccc(C(N)=O)c3)c(C=O)c3c2CCC3)cccc1-c1ccccc1. The van der Waals surface area contributed by atoms with Crippen molar-refractivity contribution in [3.63, 3.8) is 0 Å². The zero-order valence-corrected chi connectivity index (χ0v) is 20.8. The van der Waals surface area contributed by atoms with Gasteiger partial charge >= 0.3 is 0 Å². The molecule has 0 fully saturated rings. The van der Waals surface area contributed by atoms with Crippen LogP contribution >= 0.6 is 0 Å². The Hall–Kier alpha value is -4.38. The number of hydrogen-bond acceptors (Lipinski definition) is 4. The van der Waals surface area contributed by atoms with E-state index >= 15 is 0 Å². The normalized spacial score (nSPS) is 12.1. The summed E-state index contributed by atoms with van der Waals surface area (Å²) >= 11 is 0. The highest BCUT2D eigenvalue weighted by molar-refractivity contribution is 5.92. The molecule has 1 aliphatic rings. The Morgan fingerprint density at radius 3 is 2.41 bits per heavy atom. The monoisotopic (exact) mass is 491 g/mol. The summed E-state index contributed by atoms with van der Waals surface area (Å²) in [4.78, 5) is 23.6. The molecule has 1 aliphatic carbocycles. The fraction of sp³-hybridized carbons (Fsp3) is 0.188. The lowest BCUT2D eigenvalue weighted by molar-refractivity contribution is 0.0999. The number of aldehydes is 1. The number of benzene rings is 4. The molecule has 0 bridgehead atoms. The number of nitrogens with two attached hydrogens (primary N) is 1. The van der Waals surface area contributed by atoms with Gasteiger partial charge in [0.15, 0.2) is 6.29 Å².